The fourth-order valence-electron chi connectivity index (χ4n) is 6.97. The van der Waals surface area contributed by atoms with Crippen molar-refractivity contribution in [3.05, 3.63) is 97.2 Å². The van der Waals surface area contributed by atoms with Crippen LogP contribution in [0.25, 0.3) is 0 Å². The number of allylic oxidation sites excluding steroid dienone is 16. The Kier molecular flexibility index (Phi) is 49.1. The van der Waals surface area contributed by atoms with Crippen LogP contribution in [0.5, 0.6) is 0 Å². The van der Waals surface area contributed by atoms with E-state index in [1.165, 1.54) is 83.5 Å². The molecule has 0 saturated carbocycles. The van der Waals surface area contributed by atoms with E-state index >= 15 is 0 Å². The normalized spacial score (nSPS) is 14.2. The van der Waals surface area contributed by atoms with Crippen molar-refractivity contribution >= 4 is 25.7 Å². The number of aliphatic hydroxyl groups excluding tert-OH is 1. The van der Waals surface area contributed by atoms with E-state index in [9.17, 15) is 28.9 Å². The maximum Gasteiger partial charge on any atom is 0.472 e. The lowest BCUT2D eigenvalue weighted by Gasteiger charge is -2.21. The minimum atomic E-state index is -4.78. The molecule has 0 aromatic heterocycles. The minimum absolute atomic E-state index is 0.0387. The van der Waals surface area contributed by atoms with Crippen LogP contribution >= 0.6 is 7.82 Å². The molecule has 0 aromatic carbocycles. The Bertz CT molecular complexity index is 1540. The predicted molar refractivity (Wildman–Crippen MR) is 288 cm³/mol. The molecule has 0 aromatic rings. The minimum Gasteiger partial charge on any atom is -0.462 e. The van der Waals surface area contributed by atoms with Gasteiger partial charge < -0.3 is 24.2 Å². The van der Waals surface area contributed by atoms with E-state index < -0.39 is 57.8 Å². The second-order valence-electron chi connectivity index (χ2n) is 17.6. The maximum absolute atomic E-state index is 12.8. The summed E-state index contributed by atoms with van der Waals surface area (Å²) in [7, 11) is -4.78. The van der Waals surface area contributed by atoms with E-state index in [4.69, 9.17) is 23.3 Å². The first kappa shape index (κ1) is 66.4. The molecule has 0 saturated heterocycles. The average molecular weight is 1000 g/mol. The molecule has 0 heterocycles. The van der Waals surface area contributed by atoms with Crippen LogP contribution in [0, 0.1) is 0 Å². The first-order valence-electron chi connectivity index (χ1n) is 27.1. The van der Waals surface area contributed by atoms with Crippen molar-refractivity contribution in [1.29, 1.82) is 0 Å². The van der Waals surface area contributed by atoms with E-state index in [-0.39, 0.29) is 25.9 Å². The van der Waals surface area contributed by atoms with Crippen molar-refractivity contribution in [2.45, 2.75) is 226 Å². The molecule has 0 aliphatic heterocycles. The van der Waals surface area contributed by atoms with E-state index in [2.05, 4.69) is 87.6 Å². The third-order valence-corrected chi connectivity index (χ3v) is 12.0. The zero-order valence-corrected chi connectivity index (χ0v) is 44.8. The first-order chi connectivity index (χ1) is 34.2. The predicted octanol–water partition coefficient (Wildman–Crippen LogP) is 15.7. The van der Waals surface area contributed by atoms with Crippen LogP contribution in [0.3, 0.4) is 0 Å². The van der Waals surface area contributed by atoms with Crippen molar-refractivity contribution in [3.8, 4) is 0 Å². The Hall–Kier alpha value is -3.60. The van der Waals surface area contributed by atoms with E-state index in [0.717, 1.165) is 70.6 Å². The van der Waals surface area contributed by atoms with Gasteiger partial charge in [0.15, 0.2) is 6.10 Å². The molecule has 0 aliphatic rings. The van der Waals surface area contributed by atoms with Crippen molar-refractivity contribution in [3.63, 3.8) is 0 Å². The summed E-state index contributed by atoms with van der Waals surface area (Å²) in [5, 5.41) is 9.76. The molecular weight excluding hydrogens is 904 g/mol. The molecule has 400 valence electrons. The summed E-state index contributed by atoms with van der Waals surface area (Å²) in [4.78, 5) is 48.3. The largest absolute Gasteiger partial charge is 0.472 e. The highest BCUT2D eigenvalue weighted by Gasteiger charge is 2.28. The highest BCUT2D eigenvalue weighted by atomic mass is 31.2. The van der Waals surface area contributed by atoms with Gasteiger partial charge in [-0.3, -0.25) is 23.4 Å². The van der Waals surface area contributed by atoms with E-state index in [0.29, 0.717) is 19.3 Å². The standard InChI is InChI=1S/C58H97O11P/c1-4-7-10-13-16-19-22-25-26-27-28-31-32-35-38-41-44-47-56(60)65-51-55(69-58(62)49-46-43-40-37-34-30-24-21-18-15-12-9-6-3)53-67-70(63,64)66-52-54(50-59)68-57(61)48-45-42-39-36-33-29-23-20-17-14-11-8-5-2/h8-9,11-12,17-18,20-21,29-30,33-34,39-40,42-43,54-55,59H,4-7,10,13-16,19,22-28,31-32,35-38,41,44-53H2,1-3H3,(H,63,64)/b11-8-,12-9-,20-17-,21-18-,33-29-,34-30-,42-39-,43-40-. The first-order valence-corrected chi connectivity index (χ1v) is 28.6. The molecule has 12 heteroatoms. The third-order valence-electron chi connectivity index (χ3n) is 11.0. The summed E-state index contributed by atoms with van der Waals surface area (Å²) in [5.74, 6) is -1.65. The molecule has 0 bridgehead atoms. The Balaban J connectivity index is 4.84. The van der Waals surface area contributed by atoms with Gasteiger partial charge in [-0.2, -0.15) is 0 Å². The summed E-state index contributed by atoms with van der Waals surface area (Å²) in [6.07, 6.45) is 59.9. The Morgan fingerprint density at radius 1 is 0.414 bits per heavy atom. The fourth-order valence-corrected chi connectivity index (χ4v) is 7.76. The van der Waals surface area contributed by atoms with Gasteiger partial charge in [-0.15, -0.1) is 0 Å². The van der Waals surface area contributed by atoms with Crippen molar-refractivity contribution < 1.29 is 52.2 Å². The number of hydrogen-bond acceptors (Lipinski definition) is 10. The number of carbonyl (C=O) groups excluding carboxylic acids is 3. The zero-order valence-electron chi connectivity index (χ0n) is 43.9. The molecule has 0 amide bonds. The van der Waals surface area contributed by atoms with E-state index in [1.54, 1.807) is 0 Å². The van der Waals surface area contributed by atoms with Gasteiger partial charge in [-0.1, -0.05) is 221 Å². The molecule has 0 spiro atoms. The Morgan fingerprint density at radius 3 is 1.11 bits per heavy atom. The SMILES string of the molecule is CC/C=C\C/C=C\C/C=C\C/C=C\CCC(=O)OC(CO)COP(=O)(O)OCC(COC(=O)CCCCCCCCCCCCCCCCCCC)OC(=O)CC/C=C\C/C=C\C/C=C\C/C=C\CC. The number of unbranched alkanes of at least 4 members (excludes halogenated alkanes) is 16. The molecule has 0 rings (SSSR count). The van der Waals surface area contributed by atoms with Crippen LogP contribution in [0.1, 0.15) is 213 Å². The third kappa shape index (κ3) is 49.4. The van der Waals surface area contributed by atoms with Crippen LogP contribution < -0.4 is 0 Å². The van der Waals surface area contributed by atoms with Crippen molar-refractivity contribution in [2.24, 2.45) is 0 Å². The smallest absolute Gasteiger partial charge is 0.462 e. The Labute approximate surface area is 425 Å². The molecule has 0 aliphatic carbocycles. The molecule has 0 fully saturated rings. The van der Waals surface area contributed by atoms with E-state index in [1.807, 2.05) is 30.4 Å². The van der Waals surface area contributed by atoms with Gasteiger partial charge >= 0.3 is 25.7 Å². The summed E-state index contributed by atoms with van der Waals surface area (Å²) >= 11 is 0. The summed E-state index contributed by atoms with van der Waals surface area (Å²) in [5.41, 5.74) is 0. The quantitative estimate of drug-likeness (QED) is 0.0197. The number of hydrogen-bond donors (Lipinski definition) is 2. The average Bonchev–Trinajstić information content (AvgIpc) is 3.35. The van der Waals surface area contributed by atoms with Crippen LogP contribution in [0.15, 0.2) is 97.2 Å². The molecular formula is C58H97O11P. The van der Waals surface area contributed by atoms with Crippen LogP contribution in [-0.4, -0.2) is 66.5 Å². The highest BCUT2D eigenvalue weighted by molar-refractivity contribution is 7.47. The lowest BCUT2D eigenvalue weighted by molar-refractivity contribution is -0.161. The zero-order chi connectivity index (χ0) is 51.3. The molecule has 2 N–H and O–H groups in total. The van der Waals surface area contributed by atoms with Gasteiger partial charge in [-0.25, -0.2) is 4.57 Å². The maximum atomic E-state index is 12.8. The van der Waals surface area contributed by atoms with Gasteiger partial charge in [0.1, 0.15) is 12.7 Å². The number of rotatable bonds is 49. The number of aliphatic hydroxyl groups is 1. The fraction of sp³-hybridized carbons (Fsp3) is 0.672. The second kappa shape index (κ2) is 51.7. The van der Waals surface area contributed by atoms with Crippen LogP contribution in [0.2, 0.25) is 0 Å². The highest BCUT2D eigenvalue weighted by Crippen LogP contribution is 2.43. The molecule has 3 atom stereocenters. The number of esters is 3. The van der Waals surface area contributed by atoms with Crippen molar-refractivity contribution in [1.82, 2.24) is 0 Å². The number of carbonyl (C=O) groups is 3. The molecule has 3 unspecified atom stereocenters. The van der Waals surface area contributed by atoms with Gasteiger partial charge in [0.25, 0.3) is 0 Å². The molecule has 11 nitrogen and oxygen atoms in total. The van der Waals surface area contributed by atoms with Gasteiger partial charge in [0.2, 0.25) is 0 Å². The van der Waals surface area contributed by atoms with Crippen LogP contribution in [0.4, 0.5) is 0 Å². The number of phosphoric ester groups is 1. The topological polar surface area (TPSA) is 155 Å². The number of phosphoric acid groups is 1. The van der Waals surface area contributed by atoms with Gasteiger partial charge in [-0.05, 0) is 70.6 Å². The van der Waals surface area contributed by atoms with Gasteiger partial charge in [0.05, 0.1) is 19.8 Å². The van der Waals surface area contributed by atoms with Crippen LogP contribution in [-0.2, 0) is 42.2 Å². The second-order valence-corrected chi connectivity index (χ2v) is 19.1. The van der Waals surface area contributed by atoms with Crippen molar-refractivity contribution in [2.75, 3.05) is 26.4 Å². The Morgan fingerprint density at radius 2 is 0.743 bits per heavy atom. The lowest BCUT2D eigenvalue weighted by atomic mass is 10.0. The number of ether oxygens (including phenoxy) is 3. The summed E-state index contributed by atoms with van der Waals surface area (Å²) in [6, 6.07) is 0. The lowest BCUT2D eigenvalue weighted by Crippen LogP contribution is -2.30. The summed E-state index contributed by atoms with van der Waals surface area (Å²) < 4.78 is 39.2. The monoisotopic (exact) mass is 1000 g/mol. The molecule has 0 radical (unpaired) electrons. The van der Waals surface area contributed by atoms with Gasteiger partial charge in [0, 0.05) is 19.3 Å². The molecule has 70 heavy (non-hydrogen) atoms. The summed E-state index contributed by atoms with van der Waals surface area (Å²) in [6.45, 7) is 4.24.